The zero-order chi connectivity index (χ0) is 16.9. The van der Waals surface area contributed by atoms with Gasteiger partial charge in [0.05, 0.1) is 29.7 Å². The van der Waals surface area contributed by atoms with Crippen LogP contribution in [0.4, 0.5) is 8.78 Å². The molecule has 0 aliphatic carbocycles. The number of rotatable bonds is 5. The summed E-state index contributed by atoms with van der Waals surface area (Å²) < 4.78 is 31.9. The highest BCUT2D eigenvalue weighted by Gasteiger charge is 2.38. The number of hydrogen-bond donors (Lipinski definition) is 1. The average molecular weight is 317 g/mol. The summed E-state index contributed by atoms with van der Waals surface area (Å²) in [7, 11) is 0. The van der Waals surface area contributed by atoms with Crippen LogP contribution in [0.25, 0.3) is 5.57 Å². The molecule has 2 rings (SSSR count). The van der Waals surface area contributed by atoms with Gasteiger partial charge in [0, 0.05) is 12.1 Å². The Bertz CT molecular complexity index is 728. The Kier molecular flexibility index (Phi) is 4.92. The van der Waals surface area contributed by atoms with E-state index in [1.807, 2.05) is 12.1 Å². The summed E-state index contributed by atoms with van der Waals surface area (Å²) in [6, 6.07) is 8.08. The number of nitriles is 2. The highest BCUT2D eigenvalue weighted by molar-refractivity contribution is 6.21. The fourth-order valence-corrected chi connectivity index (χ4v) is 2.17. The lowest BCUT2D eigenvalue weighted by Gasteiger charge is -2.32. The van der Waals surface area contributed by atoms with Crippen LogP contribution in [-0.2, 0) is 4.79 Å². The van der Waals surface area contributed by atoms with Gasteiger partial charge in [-0.3, -0.25) is 4.79 Å². The summed E-state index contributed by atoms with van der Waals surface area (Å²) in [5, 5.41) is 20.0. The van der Waals surface area contributed by atoms with Gasteiger partial charge in [0.25, 0.3) is 5.91 Å². The Hall–Kier alpha value is -2.93. The molecule has 0 aromatic heterocycles. The van der Waals surface area contributed by atoms with Gasteiger partial charge in [0.15, 0.2) is 5.60 Å². The van der Waals surface area contributed by atoms with E-state index >= 15 is 0 Å². The predicted octanol–water partition coefficient (Wildman–Crippen LogP) is 2.04. The van der Waals surface area contributed by atoms with E-state index in [0.717, 1.165) is 6.08 Å². The van der Waals surface area contributed by atoms with Gasteiger partial charge < -0.3 is 10.1 Å². The van der Waals surface area contributed by atoms with Crippen LogP contribution in [0.1, 0.15) is 17.5 Å². The van der Waals surface area contributed by atoms with Crippen LogP contribution >= 0.6 is 0 Å². The van der Waals surface area contributed by atoms with E-state index in [1.165, 1.54) is 18.2 Å². The highest BCUT2D eigenvalue weighted by atomic mass is 19.1. The number of ether oxygens (including phenoxy) is 1. The van der Waals surface area contributed by atoms with Crippen LogP contribution in [-0.4, -0.2) is 31.4 Å². The molecule has 0 fully saturated rings. The quantitative estimate of drug-likeness (QED) is 0.842. The maximum absolute atomic E-state index is 13.3. The van der Waals surface area contributed by atoms with Crippen molar-refractivity contribution in [1.82, 2.24) is 5.32 Å². The first-order valence-electron chi connectivity index (χ1n) is 6.82. The Morgan fingerprint density at radius 2 is 2.04 bits per heavy atom. The van der Waals surface area contributed by atoms with Gasteiger partial charge in [0.2, 0.25) is 0 Å². The van der Waals surface area contributed by atoms with E-state index in [2.05, 4.69) is 5.32 Å². The molecule has 0 unspecified atom stereocenters. The number of fused-ring (bicyclic) bond motifs is 1. The maximum atomic E-state index is 13.3. The second-order valence-electron chi connectivity index (χ2n) is 4.98. The summed E-state index contributed by atoms with van der Waals surface area (Å²) in [5.74, 6) is -0.446. The molecule has 5 nitrogen and oxygen atoms in total. The topological polar surface area (TPSA) is 85.9 Å². The third kappa shape index (κ3) is 3.29. The number of hydrogen-bond acceptors (Lipinski definition) is 4. The molecule has 1 heterocycles. The van der Waals surface area contributed by atoms with Crippen LogP contribution in [0, 0.1) is 22.7 Å². The molecule has 1 aliphatic rings. The van der Waals surface area contributed by atoms with Crippen molar-refractivity contribution >= 4 is 11.5 Å². The molecule has 118 valence electrons. The lowest BCUT2D eigenvalue weighted by molar-refractivity contribution is -0.115. The molecule has 7 heteroatoms. The second-order valence-corrected chi connectivity index (χ2v) is 4.98. The summed E-state index contributed by atoms with van der Waals surface area (Å²) >= 11 is 0. The second kappa shape index (κ2) is 6.89. The van der Waals surface area contributed by atoms with Gasteiger partial charge >= 0.3 is 0 Å². The molecule has 0 saturated heterocycles. The first-order chi connectivity index (χ1) is 11.1. The van der Waals surface area contributed by atoms with E-state index in [0.29, 0.717) is 0 Å². The first-order valence-corrected chi connectivity index (χ1v) is 6.82. The van der Waals surface area contributed by atoms with Gasteiger partial charge in [-0.25, -0.2) is 8.78 Å². The zero-order valence-corrected chi connectivity index (χ0v) is 12.1. The smallest absolute Gasteiger partial charge is 0.251 e. The van der Waals surface area contributed by atoms with E-state index in [4.69, 9.17) is 15.3 Å². The lowest BCUT2D eigenvalue weighted by atomic mass is 9.92. The van der Waals surface area contributed by atoms with Gasteiger partial charge in [-0.2, -0.15) is 10.5 Å². The Balaban J connectivity index is 2.46. The lowest BCUT2D eigenvalue weighted by Crippen LogP contribution is -2.42. The molecule has 1 N–H and O–H groups in total. The van der Waals surface area contributed by atoms with Crippen LogP contribution < -0.4 is 10.1 Å². The molecular formula is C16H13F2N3O2. The van der Waals surface area contributed by atoms with Crippen molar-refractivity contribution in [3.8, 4) is 17.9 Å². The van der Waals surface area contributed by atoms with Crippen LogP contribution in [0.15, 0.2) is 24.3 Å². The maximum Gasteiger partial charge on any atom is 0.251 e. The van der Waals surface area contributed by atoms with Gasteiger partial charge in [-0.1, -0.05) is 0 Å². The first kappa shape index (κ1) is 16.4. The van der Waals surface area contributed by atoms with Gasteiger partial charge in [0.1, 0.15) is 19.1 Å². The summed E-state index contributed by atoms with van der Waals surface area (Å²) in [6.45, 7) is -2.17. The minimum Gasteiger partial charge on any atom is -0.477 e. The number of carbonyl (C=O) groups is 1. The number of nitrogens with one attached hydrogen (secondary N) is 1. The number of alkyl halides is 2. The van der Waals surface area contributed by atoms with Crippen molar-refractivity contribution in [2.45, 2.75) is 12.0 Å². The number of nitrogens with zero attached hydrogens (tertiary/aromatic N) is 2. The molecular weight excluding hydrogens is 304 g/mol. The van der Waals surface area contributed by atoms with E-state index in [-0.39, 0.29) is 35.4 Å². The minimum atomic E-state index is -1.86. The van der Waals surface area contributed by atoms with Gasteiger partial charge in [-0.15, -0.1) is 0 Å². The normalized spacial score (nSPS) is 14.5. The largest absolute Gasteiger partial charge is 0.477 e. The molecule has 0 bridgehead atoms. The number of amides is 1. The fraction of sp³-hybridized carbons (Fsp3) is 0.312. The highest BCUT2D eigenvalue weighted by Crippen LogP contribution is 2.37. The van der Waals surface area contributed by atoms with Crippen LogP contribution in [0.2, 0.25) is 0 Å². The zero-order valence-electron chi connectivity index (χ0n) is 12.1. The molecule has 1 aromatic carbocycles. The standard InChI is InChI=1S/C16H13F2N3O2/c17-9-16(10-18)7-13(15(22)21-5-1-4-19)12-6-11(8-20)2-3-14(12)23-16/h2-3,6-7H,1,5,9-10H2,(H,21,22). The molecule has 0 atom stereocenters. The Morgan fingerprint density at radius 1 is 1.30 bits per heavy atom. The van der Waals surface area contributed by atoms with Crippen molar-refractivity contribution in [1.29, 1.82) is 10.5 Å². The number of benzene rings is 1. The van der Waals surface area contributed by atoms with Gasteiger partial charge in [-0.05, 0) is 24.3 Å². The van der Waals surface area contributed by atoms with Crippen molar-refractivity contribution in [3.63, 3.8) is 0 Å². The fourth-order valence-electron chi connectivity index (χ4n) is 2.17. The van der Waals surface area contributed by atoms with Crippen LogP contribution in [0.3, 0.4) is 0 Å². The molecule has 23 heavy (non-hydrogen) atoms. The summed E-state index contributed by atoms with van der Waals surface area (Å²) in [4.78, 5) is 12.3. The third-order valence-electron chi connectivity index (χ3n) is 3.34. The number of carbonyl (C=O) groups excluding carboxylic acids is 1. The summed E-state index contributed by atoms with van der Waals surface area (Å²) in [6.07, 6.45) is 1.20. The third-order valence-corrected chi connectivity index (χ3v) is 3.34. The predicted molar refractivity (Wildman–Crippen MR) is 77.7 cm³/mol. The monoisotopic (exact) mass is 317 g/mol. The van der Waals surface area contributed by atoms with Crippen molar-refractivity contribution < 1.29 is 18.3 Å². The SMILES string of the molecule is N#CCCNC(=O)C1=CC(CF)(CF)Oc2ccc(C#N)cc21. The van der Waals surface area contributed by atoms with E-state index in [9.17, 15) is 13.6 Å². The Morgan fingerprint density at radius 3 is 2.65 bits per heavy atom. The molecule has 0 spiro atoms. The van der Waals surface area contributed by atoms with E-state index in [1.54, 1.807) is 0 Å². The number of halogens is 2. The Labute approximate surface area is 131 Å². The molecule has 1 amide bonds. The van der Waals surface area contributed by atoms with Crippen molar-refractivity contribution in [2.24, 2.45) is 0 Å². The van der Waals surface area contributed by atoms with Crippen molar-refractivity contribution in [3.05, 3.63) is 35.4 Å². The molecule has 1 aliphatic heterocycles. The molecule has 0 radical (unpaired) electrons. The van der Waals surface area contributed by atoms with E-state index < -0.39 is 24.9 Å². The minimum absolute atomic E-state index is 0.0246. The molecule has 1 aromatic rings. The van der Waals surface area contributed by atoms with Crippen LogP contribution in [0.5, 0.6) is 5.75 Å². The average Bonchev–Trinajstić information content (AvgIpc) is 2.60. The molecule has 0 saturated carbocycles. The summed E-state index contributed by atoms with van der Waals surface area (Å²) in [5.41, 5.74) is -1.26. The van der Waals surface area contributed by atoms with Crippen molar-refractivity contribution in [2.75, 3.05) is 19.9 Å².